The van der Waals surface area contributed by atoms with Crippen LogP contribution in [0.2, 0.25) is 0 Å². The number of aryl methyl sites for hydroxylation is 1. The summed E-state index contributed by atoms with van der Waals surface area (Å²) in [5, 5.41) is 7.32. The van der Waals surface area contributed by atoms with Crippen LogP contribution in [0.15, 0.2) is 23.2 Å². The molecule has 2 aliphatic heterocycles. The van der Waals surface area contributed by atoms with Crippen molar-refractivity contribution in [1.29, 1.82) is 0 Å². The molecule has 2 heterocycles. The monoisotopic (exact) mass is 441 g/mol. The van der Waals surface area contributed by atoms with Gasteiger partial charge in [-0.3, -0.25) is 0 Å². The van der Waals surface area contributed by atoms with Crippen LogP contribution in [0.3, 0.4) is 0 Å². The number of nitrogens with one attached hydrogen (secondary N) is 2. The standard InChI is InChI=1S/C26H39N3O3/c1-3-27-25(29-23-21-9-13-31-24(21)26(23)10-4-5-11-26)28-15-20-7-6-18(2)14-22(20)32-17-19-8-12-30-16-19/h6-7,14,19,21,23-24H,3-5,8-13,15-17H2,1-2H3,(H2,27,28,29). The minimum Gasteiger partial charge on any atom is -0.493 e. The van der Waals surface area contributed by atoms with Crippen molar-refractivity contribution in [2.75, 3.05) is 33.0 Å². The van der Waals surface area contributed by atoms with Gasteiger partial charge in [0.25, 0.3) is 0 Å². The lowest BCUT2D eigenvalue weighted by Crippen LogP contribution is -2.69. The highest BCUT2D eigenvalue weighted by Gasteiger charge is 2.65. The first-order chi connectivity index (χ1) is 15.7. The van der Waals surface area contributed by atoms with Crippen LogP contribution < -0.4 is 15.4 Å². The molecule has 32 heavy (non-hydrogen) atoms. The van der Waals surface area contributed by atoms with Gasteiger partial charge in [-0.15, -0.1) is 0 Å². The zero-order chi connectivity index (χ0) is 22.0. The number of aliphatic imine (C=N–C) groups is 1. The number of benzene rings is 1. The molecule has 6 heteroatoms. The van der Waals surface area contributed by atoms with E-state index in [0.29, 0.717) is 42.5 Å². The molecule has 0 amide bonds. The molecule has 0 aromatic heterocycles. The number of hydrogen-bond acceptors (Lipinski definition) is 4. The average molecular weight is 442 g/mol. The van der Waals surface area contributed by atoms with E-state index in [-0.39, 0.29) is 0 Å². The average Bonchev–Trinajstić information content (AvgIpc) is 3.56. The zero-order valence-electron chi connectivity index (χ0n) is 19.7. The lowest BCUT2D eigenvalue weighted by atomic mass is 9.54. The van der Waals surface area contributed by atoms with Gasteiger partial charge >= 0.3 is 0 Å². The van der Waals surface area contributed by atoms with Crippen molar-refractivity contribution >= 4 is 5.96 Å². The van der Waals surface area contributed by atoms with Crippen LogP contribution in [0.4, 0.5) is 0 Å². The van der Waals surface area contributed by atoms with Gasteiger partial charge < -0.3 is 24.8 Å². The molecule has 4 atom stereocenters. The first-order valence-electron chi connectivity index (χ1n) is 12.7. The minimum absolute atomic E-state index is 0.318. The molecule has 1 aromatic carbocycles. The van der Waals surface area contributed by atoms with Gasteiger partial charge in [0.15, 0.2) is 5.96 Å². The second-order valence-corrected chi connectivity index (χ2v) is 10.2. The van der Waals surface area contributed by atoms with E-state index in [1.807, 2.05) is 0 Å². The normalized spacial score (nSPS) is 30.9. The lowest BCUT2D eigenvalue weighted by Gasteiger charge is -2.57. The molecule has 0 bridgehead atoms. The molecule has 4 unspecified atom stereocenters. The highest BCUT2D eigenvalue weighted by Crippen LogP contribution is 2.60. The molecule has 1 aromatic rings. The maximum absolute atomic E-state index is 6.23. The largest absolute Gasteiger partial charge is 0.493 e. The molecule has 0 radical (unpaired) electrons. The SMILES string of the molecule is CCNC(=NCc1ccc(C)cc1OCC1CCOC1)NC1C2CCOC2C12CCCC2. The molecule has 2 saturated carbocycles. The van der Waals surface area contributed by atoms with E-state index < -0.39 is 0 Å². The summed E-state index contributed by atoms with van der Waals surface area (Å²) in [6.45, 7) is 9.00. The lowest BCUT2D eigenvalue weighted by molar-refractivity contribution is -0.125. The quantitative estimate of drug-likeness (QED) is 0.498. The third-order valence-electron chi connectivity index (χ3n) is 8.05. The van der Waals surface area contributed by atoms with Crippen LogP contribution in [0.5, 0.6) is 5.75 Å². The summed E-state index contributed by atoms with van der Waals surface area (Å²) in [6, 6.07) is 6.93. The number of rotatable bonds is 7. The summed E-state index contributed by atoms with van der Waals surface area (Å²) in [5.41, 5.74) is 2.67. The number of guanidine groups is 1. The molecule has 6 nitrogen and oxygen atoms in total. The van der Waals surface area contributed by atoms with E-state index in [2.05, 4.69) is 42.7 Å². The highest BCUT2D eigenvalue weighted by molar-refractivity contribution is 5.80. The number of ether oxygens (including phenoxy) is 3. The van der Waals surface area contributed by atoms with Gasteiger partial charge in [0, 0.05) is 48.6 Å². The van der Waals surface area contributed by atoms with Crippen molar-refractivity contribution in [3.05, 3.63) is 29.3 Å². The predicted octanol–water partition coefficient (Wildman–Crippen LogP) is 3.81. The first-order valence-corrected chi connectivity index (χ1v) is 12.7. The van der Waals surface area contributed by atoms with Crippen molar-refractivity contribution in [2.45, 2.75) is 71.1 Å². The third kappa shape index (κ3) is 4.24. The van der Waals surface area contributed by atoms with Crippen molar-refractivity contribution < 1.29 is 14.2 Å². The first kappa shape index (κ1) is 22.0. The Kier molecular flexibility index (Phi) is 6.61. The Balaban J connectivity index is 1.28. The van der Waals surface area contributed by atoms with Gasteiger partial charge in [-0.25, -0.2) is 4.99 Å². The van der Waals surface area contributed by atoms with Crippen LogP contribution in [-0.2, 0) is 16.0 Å². The van der Waals surface area contributed by atoms with Crippen LogP contribution in [0, 0.1) is 24.2 Å². The molecule has 4 aliphatic rings. The fourth-order valence-electron chi connectivity index (χ4n) is 6.38. The van der Waals surface area contributed by atoms with E-state index in [9.17, 15) is 0 Å². The van der Waals surface area contributed by atoms with Gasteiger partial charge in [-0.2, -0.15) is 0 Å². The van der Waals surface area contributed by atoms with Crippen LogP contribution >= 0.6 is 0 Å². The van der Waals surface area contributed by atoms with Gasteiger partial charge in [-0.1, -0.05) is 25.0 Å². The van der Waals surface area contributed by atoms with E-state index in [4.69, 9.17) is 19.2 Å². The molecule has 176 valence electrons. The van der Waals surface area contributed by atoms with Crippen LogP contribution in [0.1, 0.15) is 56.6 Å². The Morgan fingerprint density at radius 2 is 2.09 bits per heavy atom. The van der Waals surface area contributed by atoms with Crippen molar-refractivity contribution in [3.63, 3.8) is 0 Å². The second kappa shape index (κ2) is 9.60. The summed E-state index contributed by atoms with van der Waals surface area (Å²) in [4.78, 5) is 4.99. The van der Waals surface area contributed by atoms with Crippen molar-refractivity contribution in [2.24, 2.45) is 22.2 Å². The topological polar surface area (TPSA) is 64.1 Å². The molecule has 2 N–H and O–H groups in total. The molecule has 4 fully saturated rings. The van der Waals surface area contributed by atoms with E-state index >= 15 is 0 Å². The minimum atomic E-state index is 0.318. The van der Waals surface area contributed by atoms with Gasteiger partial charge in [0.2, 0.25) is 0 Å². The van der Waals surface area contributed by atoms with E-state index in [1.165, 1.54) is 37.7 Å². The number of hydrogen-bond donors (Lipinski definition) is 2. The van der Waals surface area contributed by atoms with Gasteiger partial charge in [0.1, 0.15) is 5.75 Å². The van der Waals surface area contributed by atoms with Crippen LogP contribution in [-0.4, -0.2) is 51.1 Å². The Labute approximate surface area is 192 Å². The summed E-state index contributed by atoms with van der Waals surface area (Å²) < 4.78 is 17.9. The molecule has 2 aliphatic carbocycles. The highest BCUT2D eigenvalue weighted by atomic mass is 16.5. The van der Waals surface area contributed by atoms with E-state index in [0.717, 1.165) is 50.1 Å². The van der Waals surface area contributed by atoms with Crippen molar-refractivity contribution in [1.82, 2.24) is 10.6 Å². The maximum atomic E-state index is 6.23. The summed E-state index contributed by atoms with van der Waals surface area (Å²) in [5.74, 6) is 3.00. The molecule has 1 spiro atoms. The van der Waals surface area contributed by atoms with Gasteiger partial charge in [-0.05, 0) is 51.2 Å². The summed E-state index contributed by atoms with van der Waals surface area (Å²) >= 11 is 0. The molecule has 2 saturated heterocycles. The Hall–Kier alpha value is -1.79. The Bertz CT molecular complexity index is 815. The second-order valence-electron chi connectivity index (χ2n) is 10.2. The summed E-state index contributed by atoms with van der Waals surface area (Å²) in [6.07, 6.45) is 7.94. The fraction of sp³-hybridized carbons (Fsp3) is 0.731. The molecular weight excluding hydrogens is 402 g/mol. The number of fused-ring (bicyclic) bond motifs is 2. The Morgan fingerprint density at radius 1 is 1.22 bits per heavy atom. The zero-order valence-corrected chi connectivity index (χ0v) is 19.7. The number of nitrogens with zero attached hydrogens (tertiary/aromatic N) is 1. The molecular formula is C26H39N3O3. The molecule has 5 rings (SSSR count). The van der Waals surface area contributed by atoms with Crippen molar-refractivity contribution in [3.8, 4) is 5.75 Å². The summed E-state index contributed by atoms with van der Waals surface area (Å²) in [7, 11) is 0. The fourth-order valence-corrected chi connectivity index (χ4v) is 6.38. The van der Waals surface area contributed by atoms with E-state index in [1.54, 1.807) is 0 Å². The van der Waals surface area contributed by atoms with Gasteiger partial charge in [0.05, 0.1) is 25.9 Å². The maximum Gasteiger partial charge on any atom is 0.191 e. The third-order valence-corrected chi connectivity index (χ3v) is 8.05. The Morgan fingerprint density at radius 3 is 2.88 bits per heavy atom. The smallest absolute Gasteiger partial charge is 0.191 e. The predicted molar refractivity (Wildman–Crippen MR) is 126 cm³/mol. The van der Waals surface area contributed by atoms with Crippen LogP contribution in [0.25, 0.3) is 0 Å².